The van der Waals surface area contributed by atoms with Gasteiger partial charge in [-0.2, -0.15) is 8.42 Å². The number of benzene rings is 1. The molecule has 25 heavy (non-hydrogen) atoms. The van der Waals surface area contributed by atoms with Crippen molar-refractivity contribution in [1.29, 1.82) is 0 Å². The number of carbonyl (C=O) groups is 1. The van der Waals surface area contributed by atoms with Crippen LogP contribution in [0.4, 0.5) is 0 Å². The highest BCUT2D eigenvalue weighted by molar-refractivity contribution is 7.86. The lowest BCUT2D eigenvalue weighted by molar-refractivity contribution is -0.134. The maximum absolute atomic E-state index is 12.6. The van der Waals surface area contributed by atoms with Crippen molar-refractivity contribution in [3.63, 3.8) is 0 Å². The van der Waals surface area contributed by atoms with E-state index in [1.54, 1.807) is 24.3 Å². The summed E-state index contributed by atoms with van der Waals surface area (Å²) in [4.78, 5) is 14.4. The summed E-state index contributed by atoms with van der Waals surface area (Å²) in [6.45, 7) is 5.88. The monoisotopic (exact) mass is 369 g/mol. The van der Waals surface area contributed by atoms with Gasteiger partial charge >= 0.3 is 10.1 Å². The minimum atomic E-state index is -3.54. The summed E-state index contributed by atoms with van der Waals surface area (Å²) in [6.07, 6.45) is 3.63. The van der Waals surface area contributed by atoms with Crippen LogP contribution in [0.15, 0.2) is 24.3 Å². The SMILES string of the molecule is CC(C)CC(=O)N(Cc1ccc(OS(C)(=O)=O)cc1)CC1CCCO1. The zero-order valence-electron chi connectivity index (χ0n) is 15.1. The number of hydrogen-bond donors (Lipinski definition) is 0. The second kappa shape index (κ2) is 8.67. The molecule has 1 aliphatic rings. The molecule has 1 fully saturated rings. The first kappa shape index (κ1) is 19.7. The van der Waals surface area contributed by atoms with Crippen LogP contribution < -0.4 is 4.18 Å². The third-order valence-electron chi connectivity index (χ3n) is 3.93. The Morgan fingerprint density at radius 2 is 2.00 bits per heavy atom. The molecule has 1 amide bonds. The van der Waals surface area contributed by atoms with E-state index < -0.39 is 10.1 Å². The Balaban J connectivity index is 2.05. The van der Waals surface area contributed by atoms with Crippen molar-refractivity contribution >= 4 is 16.0 Å². The topological polar surface area (TPSA) is 72.9 Å². The van der Waals surface area contributed by atoms with Gasteiger partial charge in [0.05, 0.1) is 12.4 Å². The summed E-state index contributed by atoms with van der Waals surface area (Å²) in [5.74, 6) is 0.678. The fourth-order valence-corrected chi connectivity index (χ4v) is 3.27. The van der Waals surface area contributed by atoms with Crippen LogP contribution in [0, 0.1) is 5.92 Å². The first-order chi connectivity index (χ1) is 11.7. The summed E-state index contributed by atoms with van der Waals surface area (Å²) in [5, 5.41) is 0. The van der Waals surface area contributed by atoms with E-state index in [2.05, 4.69) is 0 Å². The smallest absolute Gasteiger partial charge is 0.306 e. The zero-order valence-corrected chi connectivity index (χ0v) is 15.9. The Hall–Kier alpha value is -1.60. The molecule has 140 valence electrons. The van der Waals surface area contributed by atoms with Crippen molar-refractivity contribution in [2.45, 2.75) is 45.8 Å². The van der Waals surface area contributed by atoms with Gasteiger partial charge in [-0.1, -0.05) is 26.0 Å². The van der Waals surface area contributed by atoms with E-state index >= 15 is 0 Å². The molecule has 1 heterocycles. The summed E-state index contributed by atoms with van der Waals surface area (Å²) in [5.41, 5.74) is 0.927. The van der Waals surface area contributed by atoms with Crippen LogP contribution in [0.25, 0.3) is 0 Å². The second-order valence-electron chi connectivity index (χ2n) is 6.94. The van der Waals surface area contributed by atoms with Gasteiger partial charge in [-0.05, 0) is 36.5 Å². The molecule has 0 bridgehead atoms. The van der Waals surface area contributed by atoms with E-state index in [4.69, 9.17) is 8.92 Å². The van der Waals surface area contributed by atoms with Gasteiger partial charge in [0.25, 0.3) is 0 Å². The van der Waals surface area contributed by atoms with E-state index in [-0.39, 0.29) is 17.8 Å². The van der Waals surface area contributed by atoms with Crippen LogP contribution in [0.5, 0.6) is 5.75 Å². The van der Waals surface area contributed by atoms with Crippen molar-refractivity contribution in [3.8, 4) is 5.75 Å². The minimum absolute atomic E-state index is 0.101. The minimum Gasteiger partial charge on any atom is -0.383 e. The molecule has 0 spiro atoms. The number of ether oxygens (including phenoxy) is 1. The quantitative estimate of drug-likeness (QED) is 0.659. The third kappa shape index (κ3) is 7.04. The summed E-state index contributed by atoms with van der Waals surface area (Å²) >= 11 is 0. The van der Waals surface area contributed by atoms with Gasteiger partial charge in [0.2, 0.25) is 5.91 Å². The lowest BCUT2D eigenvalue weighted by Gasteiger charge is -2.26. The van der Waals surface area contributed by atoms with E-state index in [9.17, 15) is 13.2 Å². The van der Waals surface area contributed by atoms with Crippen LogP contribution in [0.1, 0.15) is 38.7 Å². The van der Waals surface area contributed by atoms with E-state index in [0.717, 1.165) is 31.3 Å². The van der Waals surface area contributed by atoms with Crippen molar-refractivity contribution < 1.29 is 22.1 Å². The van der Waals surface area contributed by atoms with Crippen LogP contribution in [0.3, 0.4) is 0 Å². The Kier molecular flexibility index (Phi) is 6.84. The molecule has 0 radical (unpaired) electrons. The van der Waals surface area contributed by atoms with Crippen molar-refractivity contribution in [2.75, 3.05) is 19.4 Å². The molecule has 1 aliphatic heterocycles. The third-order valence-corrected chi connectivity index (χ3v) is 4.42. The molecule has 0 aromatic heterocycles. The highest BCUT2D eigenvalue weighted by Gasteiger charge is 2.23. The number of rotatable bonds is 8. The predicted octanol–water partition coefficient (Wildman–Crippen LogP) is 2.58. The Bertz CT molecular complexity index is 663. The molecule has 0 saturated carbocycles. The van der Waals surface area contributed by atoms with Crippen LogP contribution in [-0.2, 0) is 26.2 Å². The van der Waals surface area contributed by atoms with E-state index in [1.165, 1.54) is 0 Å². The largest absolute Gasteiger partial charge is 0.383 e. The molecule has 1 aromatic carbocycles. The first-order valence-corrected chi connectivity index (χ1v) is 10.4. The predicted molar refractivity (Wildman–Crippen MR) is 95.8 cm³/mol. The van der Waals surface area contributed by atoms with Gasteiger partial charge < -0.3 is 13.8 Å². The van der Waals surface area contributed by atoms with Gasteiger partial charge in [-0.15, -0.1) is 0 Å². The van der Waals surface area contributed by atoms with Crippen molar-refractivity contribution in [1.82, 2.24) is 4.90 Å². The molecule has 0 aliphatic carbocycles. The molecule has 1 atom stereocenters. The molecule has 2 rings (SSSR count). The molecule has 7 heteroatoms. The van der Waals surface area contributed by atoms with E-state index in [1.807, 2.05) is 18.7 Å². The normalized spacial score (nSPS) is 17.7. The maximum atomic E-state index is 12.6. The molecule has 1 unspecified atom stereocenters. The van der Waals surface area contributed by atoms with Gasteiger partial charge in [0.15, 0.2) is 0 Å². The standard InChI is InChI=1S/C18H27NO5S/c1-14(2)11-18(20)19(13-17-5-4-10-23-17)12-15-6-8-16(9-7-15)24-25(3,21)22/h6-9,14,17H,4-5,10-13H2,1-3H3. The number of hydrogen-bond acceptors (Lipinski definition) is 5. The number of nitrogens with zero attached hydrogens (tertiary/aromatic N) is 1. The molecular weight excluding hydrogens is 342 g/mol. The molecule has 1 saturated heterocycles. The summed E-state index contributed by atoms with van der Waals surface area (Å²) < 4.78 is 32.8. The lowest BCUT2D eigenvalue weighted by atomic mass is 10.1. The average Bonchev–Trinajstić information content (AvgIpc) is 2.99. The summed E-state index contributed by atoms with van der Waals surface area (Å²) in [6, 6.07) is 6.78. The molecular formula is C18H27NO5S. The van der Waals surface area contributed by atoms with Gasteiger partial charge in [0.1, 0.15) is 5.75 Å². The Morgan fingerprint density at radius 1 is 1.32 bits per heavy atom. The Morgan fingerprint density at radius 3 is 2.52 bits per heavy atom. The second-order valence-corrected chi connectivity index (χ2v) is 8.51. The van der Waals surface area contributed by atoms with Crippen LogP contribution in [-0.4, -0.2) is 44.7 Å². The molecule has 6 nitrogen and oxygen atoms in total. The highest BCUT2D eigenvalue weighted by Crippen LogP contribution is 2.19. The fraction of sp³-hybridized carbons (Fsp3) is 0.611. The van der Waals surface area contributed by atoms with Crippen molar-refractivity contribution in [2.24, 2.45) is 5.92 Å². The van der Waals surface area contributed by atoms with Gasteiger partial charge in [-0.25, -0.2) is 0 Å². The average molecular weight is 369 g/mol. The first-order valence-electron chi connectivity index (χ1n) is 8.60. The highest BCUT2D eigenvalue weighted by atomic mass is 32.2. The lowest BCUT2D eigenvalue weighted by Crippen LogP contribution is -2.37. The molecule has 0 N–H and O–H groups in total. The number of amides is 1. The van der Waals surface area contributed by atoms with E-state index in [0.29, 0.717) is 25.4 Å². The maximum Gasteiger partial charge on any atom is 0.306 e. The van der Waals surface area contributed by atoms with Gasteiger partial charge in [-0.3, -0.25) is 4.79 Å². The fourth-order valence-electron chi connectivity index (χ4n) is 2.81. The summed E-state index contributed by atoms with van der Waals surface area (Å²) in [7, 11) is -3.54. The molecule has 1 aromatic rings. The van der Waals surface area contributed by atoms with Crippen molar-refractivity contribution in [3.05, 3.63) is 29.8 Å². The van der Waals surface area contributed by atoms with Crippen LogP contribution >= 0.6 is 0 Å². The van der Waals surface area contributed by atoms with Gasteiger partial charge in [0, 0.05) is 26.1 Å². The Labute approximate surface area is 150 Å². The zero-order chi connectivity index (χ0) is 18.4. The number of carbonyl (C=O) groups excluding carboxylic acids is 1. The van der Waals surface area contributed by atoms with Crippen LogP contribution in [0.2, 0.25) is 0 Å².